The Kier molecular flexibility index (Phi) is 7.12. The summed E-state index contributed by atoms with van der Waals surface area (Å²) in [5.41, 5.74) is 3.25. The Morgan fingerprint density at radius 3 is 2.28 bits per heavy atom. The van der Waals surface area contributed by atoms with Crippen LogP contribution in [0.25, 0.3) is 0 Å². The van der Waals surface area contributed by atoms with Crippen LogP contribution < -0.4 is 0 Å². The van der Waals surface area contributed by atoms with Gasteiger partial charge in [-0.1, -0.05) is 52.7 Å². The highest BCUT2D eigenvalue weighted by Crippen LogP contribution is 2.72. The molecule has 4 aliphatic carbocycles. The third-order valence-electron chi connectivity index (χ3n) is 12.5. The topological polar surface area (TPSA) is 66.8 Å². The molecule has 4 aliphatic rings. The van der Waals surface area contributed by atoms with E-state index in [1.54, 1.807) is 31.9 Å². The number of ether oxygens (including phenoxy) is 1. The molecule has 0 bridgehead atoms. The van der Waals surface area contributed by atoms with Crippen molar-refractivity contribution in [1.29, 1.82) is 0 Å². The van der Waals surface area contributed by atoms with Crippen molar-refractivity contribution in [3.05, 3.63) is 11.1 Å². The van der Waals surface area contributed by atoms with Crippen molar-refractivity contribution in [2.45, 2.75) is 144 Å². The zero-order valence-corrected chi connectivity index (χ0v) is 24.7. The molecule has 206 valence electrons. The lowest BCUT2D eigenvalue weighted by atomic mass is 9.43. The molecule has 0 unspecified atom stereocenters. The van der Waals surface area contributed by atoms with Crippen LogP contribution in [0.5, 0.6) is 0 Å². The average Bonchev–Trinajstić information content (AvgIpc) is 3.04. The summed E-state index contributed by atoms with van der Waals surface area (Å²) in [7, 11) is 0. The summed E-state index contributed by atoms with van der Waals surface area (Å²) in [5, 5.41) is 20.6. The quantitative estimate of drug-likeness (QED) is 0.297. The first-order valence-electron chi connectivity index (χ1n) is 14.8. The van der Waals surface area contributed by atoms with E-state index in [-0.39, 0.29) is 28.3 Å². The normalized spacial score (nSPS) is 41.7. The summed E-state index contributed by atoms with van der Waals surface area (Å²) in [6.07, 6.45) is 10.5. The number of esters is 1. The third kappa shape index (κ3) is 4.21. The van der Waals surface area contributed by atoms with Crippen molar-refractivity contribution in [3.63, 3.8) is 0 Å². The van der Waals surface area contributed by atoms with Gasteiger partial charge in [0.15, 0.2) is 0 Å². The van der Waals surface area contributed by atoms with Crippen LogP contribution >= 0.6 is 0 Å². The molecule has 2 saturated carbocycles. The van der Waals surface area contributed by atoms with Crippen LogP contribution in [0.1, 0.15) is 127 Å². The van der Waals surface area contributed by atoms with Crippen molar-refractivity contribution in [2.75, 3.05) is 0 Å². The minimum atomic E-state index is -1.03. The molecule has 0 aromatic carbocycles. The van der Waals surface area contributed by atoms with Gasteiger partial charge in [-0.15, -0.1) is 0 Å². The van der Waals surface area contributed by atoms with Crippen molar-refractivity contribution >= 4 is 5.97 Å². The number of hydrogen-bond acceptors (Lipinski definition) is 4. The summed E-state index contributed by atoms with van der Waals surface area (Å²) in [6, 6.07) is 0. The lowest BCUT2D eigenvalue weighted by Gasteiger charge is -2.62. The van der Waals surface area contributed by atoms with Gasteiger partial charge in [0.2, 0.25) is 0 Å². The maximum Gasteiger partial charge on any atom is 0.302 e. The monoisotopic (exact) mass is 502 g/mol. The van der Waals surface area contributed by atoms with Crippen LogP contribution in [0.3, 0.4) is 0 Å². The summed E-state index contributed by atoms with van der Waals surface area (Å²) in [4.78, 5) is 11.8. The van der Waals surface area contributed by atoms with Crippen LogP contribution in [0.2, 0.25) is 0 Å². The summed E-state index contributed by atoms with van der Waals surface area (Å²) < 4.78 is 5.85. The fourth-order valence-electron chi connectivity index (χ4n) is 10.0. The Bertz CT molecular complexity index is 896. The van der Waals surface area contributed by atoms with E-state index in [0.717, 1.165) is 19.3 Å². The molecule has 0 aromatic rings. The molecule has 4 heteroatoms. The predicted octanol–water partition coefficient (Wildman–Crippen LogP) is 7.22. The third-order valence-corrected chi connectivity index (χ3v) is 12.5. The number of aliphatic hydroxyl groups is 2. The first kappa shape index (κ1) is 28.1. The van der Waals surface area contributed by atoms with E-state index in [1.807, 2.05) is 0 Å². The molecule has 0 amide bonds. The Balaban J connectivity index is 1.59. The number of hydrogen-bond donors (Lipinski definition) is 2. The summed E-state index contributed by atoms with van der Waals surface area (Å²) in [6.45, 7) is 19.8. The van der Waals surface area contributed by atoms with Gasteiger partial charge in [-0.05, 0) is 112 Å². The van der Waals surface area contributed by atoms with E-state index in [4.69, 9.17) is 4.74 Å². The molecular formula is C32H54O4. The molecule has 2 N–H and O–H groups in total. The van der Waals surface area contributed by atoms with E-state index in [9.17, 15) is 15.0 Å². The second-order valence-corrected chi connectivity index (χ2v) is 15.0. The first-order valence-corrected chi connectivity index (χ1v) is 14.8. The SMILES string of the molecule is CC(=O)O[C@@H]1CC[C@]2(C)C3=C(CC[C@@H]2C1(C)C)[C@]1(C)CC[C@H]([C@H](C)CC[C@@H](O)C(C)(C)O)[C@]1(C)CC3. The highest BCUT2D eigenvalue weighted by atomic mass is 16.5. The summed E-state index contributed by atoms with van der Waals surface area (Å²) in [5.74, 6) is 1.61. The molecule has 0 aliphatic heterocycles. The zero-order chi connectivity index (χ0) is 26.9. The number of carbonyl (C=O) groups excluding carboxylic acids is 1. The van der Waals surface area contributed by atoms with Gasteiger partial charge in [0.05, 0.1) is 11.7 Å². The van der Waals surface area contributed by atoms with Gasteiger partial charge >= 0.3 is 5.97 Å². The van der Waals surface area contributed by atoms with Crippen molar-refractivity contribution in [2.24, 2.45) is 39.4 Å². The predicted molar refractivity (Wildman–Crippen MR) is 145 cm³/mol. The standard InChI is InChI=1S/C32H54O4/c1-20(10-13-26(34)29(5,6)35)22-14-18-32(9)24-11-12-25-28(3,4)27(36-21(2)33)16-17-30(25,7)23(24)15-19-31(22,32)8/h20,22,25-27,34-35H,10-19H2,1-9H3/t20-,22-,25-,26-,27-,30-,31+,32+/m1/s1. The molecule has 0 heterocycles. The van der Waals surface area contributed by atoms with Gasteiger partial charge in [0, 0.05) is 12.3 Å². The summed E-state index contributed by atoms with van der Waals surface area (Å²) >= 11 is 0. The van der Waals surface area contributed by atoms with Crippen LogP contribution in [-0.2, 0) is 9.53 Å². The van der Waals surface area contributed by atoms with Gasteiger partial charge in [-0.3, -0.25) is 4.79 Å². The highest BCUT2D eigenvalue weighted by molar-refractivity contribution is 5.66. The van der Waals surface area contributed by atoms with E-state index >= 15 is 0 Å². The number of fused-ring (bicyclic) bond motifs is 4. The van der Waals surface area contributed by atoms with E-state index in [1.165, 1.54) is 38.5 Å². The van der Waals surface area contributed by atoms with Gasteiger partial charge < -0.3 is 14.9 Å². The highest BCUT2D eigenvalue weighted by Gasteiger charge is 2.63. The van der Waals surface area contributed by atoms with Crippen molar-refractivity contribution in [1.82, 2.24) is 0 Å². The molecule has 4 rings (SSSR count). The van der Waals surface area contributed by atoms with E-state index in [2.05, 4.69) is 41.5 Å². The smallest absolute Gasteiger partial charge is 0.302 e. The molecular weight excluding hydrogens is 448 g/mol. The number of carbonyl (C=O) groups is 1. The van der Waals surface area contributed by atoms with Crippen molar-refractivity contribution in [3.8, 4) is 0 Å². The minimum Gasteiger partial charge on any atom is -0.462 e. The molecule has 0 radical (unpaired) electrons. The largest absolute Gasteiger partial charge is 0.462 e. The molecule has 0 saturated heterocycles. The Morgan fingerprint density at radius 1 is 1.00 bits per heavy atom. The second-order valence-electron chi connectivity index (χ2n) is 15.0. The number of aliphatic hydroxyl groups excluding tert-OH is 1. The van der Waals surface area contributed by atoms with Gasteiger partial charge in [0.25, 0.3) is 0 Å². The second kappa shape index (κ2) is 9.11. The molecule has 0 aromatic heterocycles. The number of allylic oxidation sites excluding steroid dienone is 2. The molecule has 8 atom stereocenters. The minimum absolute atomic E-state index is 0.00704. The molecule has 2 fully saturated rings. The molecule has 4 nitrogen and oxygen atoms in total. The van der Waals surface area contributed by atoms with Crippen LogP contribution in [0.4, 0.5) is 0 Å². The molecule has 36 heavy (non-hydrogen) atoms. The maximum atomic E-state index is 11.8. The van der Waals surface area contributed by atoms with Crippen molar-refractivity contribution < 1.29 is 19.7 Å². The van der Waals surface area contributed by atoms with Crippen LogP contribution in [0.15, 0.2) is 11.1 Å². The van der Waals surface area contributed by atoms with E-state index < -0.39 is 11.7 Å². The van der Waals surface area contributed by atoms with Crippen LogP contribution in [-0.4, -0.2) is 34.0 Å². The Labute approximate surface area is 220 Å². The van der Waals surface area contributed by atoms with Gasteiger partial charge in [-0.2, -0.15) is 0 Å². The zero-order valence-electron chi connectivity index (χ0n) is 24.7. The first-order chi connectivity index (χ1) is 16.5. The number of rotatable bonds is 6. The van der Waals surface area contributed by atoms with Gasteiger partial charge in [0.1, 0.15) is 6.10 Å². The average molecular weight is 503 g/mol. The van der Waals surface area contributed by atoms with Crippen LogP contribution in [0, 0.1) is 39.4 Å². The van der Waals surface area contributed by atoms with Gasteiger partial charge in [-0.25, -0.2) is 0 Å². The maximum absolute atomic E-state index is 11.8. The Morgan fingerprint density at radius 2 is 1.67 bits per heavy atom. The fraction of sp³-hybridized carbons (Fsp3) is 0.906. The lowest BCUT2D eigenvalue weighted by Crippen LogP contribution is -2.55. The lowest BCUT2D eigenvalue weighted by molar-refractivity contribution is -0.167. The fourth-order valence-corrected chi connectivity index (χ4v) is 10.0. The Hall–Kier alpha value is -0.870. The molecule has 0 spiro atoms. The van der Waals surface area contributed by atoms with E-state index in [0.29, 0.717) is 29.6 Å².